The highest BCUT2D eigenvalue weighted by atomic mass is 19.1. The Balaban J connectivity index is 0.000000183. The Kier molecular flexibility index (Phi) is 9.15. The highest BCUT2D eigenvalue weighted by Crippen LogP contribution is 2.33. The Labute approximate surface area is 270 Å². The zero-order valence-corrected chi connectivity index (χ0v) is 26.6. The van der Waals surface area contributed by atoms with Crippen LogP contribution in [0.25, 0.3) is 21.9 Å². The Morgan fingerprint density at radius 2 is 1.49 bits per heavy atom. The van der Waals surface area contributed by atoms with Gasteiger partial charge in [-0.15, -0.1) is 0 Å². The summed E-state index contributed by atoms with van der Waals surface area (Å²) >= 11 is 0. The van der Waals surface area contributed by atoms with E-state index < -0.39 is 6.10 Å². The van der Waals surface area contributed by atoms with Crippen LogP contribution in [0.5, 0.6) is 0 Å². The summed E-state index contributed by atoms with van der Waals surface area (Å²) in [6, 6.07) is 9.20. The van der Waals surface area contributed by atoms with Crippen molar-refractivity contribution in [1.82, 2.24) is 30.1 Å². The molecule has 2 N–H and O–H groups in total. The fraction of sp³-hybridized carbons (Fsp3) is 0.486. The van der Waals surface area contributed by atoms with Crippen LogP contribution in [0.4, 0.5) is 8.78 Å². The summed E-state index contributed by atoms with van der Waals surface area (Å²) in [5.74, 6) is 0.926. The van der Waals surface area contributed by atoms with Gasteiger partial charge in [-0.25, -0.2) is 13.8 Å². The van der Waals surface area contributed by atoms with Gasteiger partial charge >= 0.3 is 0 Å². The van der Waals surface area contributed by atoms with Crippen LogP contribution >= 0.6 is 0 Å². The number of rotatable bonds is 5. The largest absolute Gasteiger partial charge is 0.391 e. The van der Waals surface area contributed by atoms with E-state index in [2.05, 4.69) is 25.5 Å². The number of benzene rings is 2. The normalized spacial score (nSPS) is 19.5. The van der Waals surface area contributed by atoms with Gasteiger partial charge in [0.05, 0.1) is 24.0 Å². The molecule has 0 amide bonds. The number of aliphatic hydroxyl groups is 1. The highest BCUT2D eigenvalue weighted by Gasteiger charge is 2.27. The summed E-state index contributed by atoms with van der Waals surface area (Å²) in [6.45, 7) is 6.91. The lowest BCUT2D eigenvalue weighted by molar-refractivity contribution is 0.127. The van der Waals surface area contributed by atoms with Crippen LogP contribution in [0.3, 0.4) is 0 Å². The number of piperidine rings is 2. The summed E-state index contributed by atoms with van der Waals surface area (Å²) in [5.41, 5.74) is 4.51. The molecule has 5 aromatic rings. The number of aliphatic hydroxyl groups excluding tert-OH is 1. The predicted octanol–water partition coefficient (Wildman–Crippen LogP) is 5.00. The van der Waals surface area contributed by atoms with Crippen LogP contribution < -0.4 is 10.9 Å². The second-order valence-corrected chi connectivity index (χ2v) is 13.0. The van der Waals surface area contributed by atoms with E-state index >= 15 is 0 Å². The molecule has 1 unspecified atom stereocenters. The number of hydrogen-bond acceptors (Lipinski definition) is 9. The Bertz CT molecular complexity index is 1920. The molecule has 6 heterocycles. The van der Waals surface area contributed by atoms with Crippen LogP contribution in [-0.4, -0.2) is 68.7 Å². The van der Waals surface area contributed by atoms with Gasteiger partial charge in [-0.3, -0.25) is 9.36 Å². The van der Waals surface area contributed by atoms with E-state index in [1.165, 1.54) is 24.3 Å². The molecular formula is C35H40F2N6O4. The molecular weight excluding hydrogens is 606 g/mol. The van der Waals surface area contributed by atoms with Crippen LogP contribution in [0.1, 0.15) is 72.4 Å². The smallest absolute Gasteiger partial charge is 0.257 e. The van der Waals surface area contributed by atoms with Crippen molar-refractivity contribution in [2.45, 2.75) is 76.4 Å². The summed E-state index contributed by atoms with van der Waals surface area (Å²) < 4.78 is 38.5. The number of aryl methyl sites for hydroxylation is 2. The first-order chi connectivity index (χ1) is 22.8. The van der Waals surface area contributed by atoms with Crippen molar-refractivity contribution < 1.29 is 22.9 Å². The Morgan fingerprint density at radius 1 is 0.894 bits per heavy atom. The lowest BCUT2D eigenvalue weighted by Crippen LogP contribution is -2.39. The fourth-order valence-electron chi connectivity index (χ4n) is 7.27. The van der Waals surface area contributed by atoms with Crippen LogP contribution in [0, 0.1) is 18.6 Å². The van der Waals surface area contributed by atoms with Crippen molar-refractivity contribution in [3.05, 3.63) is 86.9 Å². The fourth-order valence-corrected chi connectivity index (χ4v) is 7.27. The second kappa shape index (κ2) is 13.6. The molecule has 12 heteroatoms. The van der Waals surface area contributed by atoms with Crippen molar-refractivity contribution in [2.75, 3.05) is 32.7 Å². The van der Waals surface area contributed by atoms with E-state index in [-0.39, 0.29) is 17.2 Å². The molecule has 8 rings (SSSR count). The molecule has 0 aliphatic carbocycles. The molecule has 0 saturated carbocycles. The first kappa shape index (κ1) is 31.6. The minimum absolute atomic E-state index is 0.00237. The Hall–Kier alpha value is -4.00. The maximum absolute atomic E-state index is 13.4. The summed E-state index contributed by atoms with van der Waals surface area (Å²) in [5, 5.41) is 23.4. The molecule has 2 fully saturated rings. The number of hydrogen-bond donors (Lipinski definition) is 2. The predicted molar refractivity (Wildman–Crippen MR) is 172 cm³/mol. The molecule has 10 nitrogen and oxygen atoms in total. The number of nitrogens with one attached hydrogen (secondary N) is 1. The van der Waals surface area contributed by atoms with Crippen molar-refractivity contribution in [3.63, 3.8) is 0 Å². The van der Waals surface area contributed by atoms with Gasteiger partial charge in [0.2, 0.25) is 0 Å². The van der Waals surface area contributed by atoms with Crippen LogP contribution in [0.2, 0.25) is 0 Å². The first-order valence-electron chi connectivity index (χ1n) is 16.6. The third-order valence-corrected chi connectivity index (χ3v) is 9.94. The number of nitrogens with zero attached hydrogens (tertiary/aromatic N) is 5. The topological polar surface area (TPSA) is 122 Å². The van der Waals surface area contributed by atoms with Gasteiger partial charge in [0.1, 0.15) is 17.5 Å². The van der Waals surface area contributed by atoms with E-state index in [1.54, 1.807) is 16.7 Å². The minimum atomic E-state index is -0.467. The lowest BCUT2D eigenvalue weighted by atomic mass is 9.91. The molecule has 0 bridgehead atoms. The monoisotopic (exact) mass is 646 g/mol. The Morgan fingerprint density at radius 3 is 2.11 bits per heavy atom. The lowest BCUT2D eigenvalue weighted by Gasteiger charge is -2.31. The summed E-state index contributed by atoms with van der Waals surface area (Å²) in [7, 11) is 0. The maximum atomic E-state index is 13.4. The number of fused-ring (bicyclic) bond motifs is 3. The minimum Gasteiger partial charge on any atom is -0.391 e. The van der Waals surface area contributed by atoms with Crippen molar-refractivity contribution in [2.24, 2.45) is 0 Å². The number of likely N-dealkylation sites (tertiary alicyclic amines) is 1. The number of halogens is 2. The molecule has 0 radical (unpaired) electrons. The highest BCUT2D eigenvalue weighted by molar-refractivity contribution is 5.80. The summed E-state index contributed by atoms with van der Waals surface area (Å²) in [4.78, 5) is 20.0. The SMILES string of the molecule is Cc1nc2n(c(=O)c1CCN1CCC(c3noc4cc(F)ccc34)CC1)CC(O)CC2.Fc1ccc2c(C3CCNCC3)noc2c1. The van der Waals surface area contributed by atoms with Gasteiger partial charge in [0.15, 0.2) is 11.2 Å². The van der Waals surface area contributed by atoms with Crippen molar-refractivity contribution in [1.29, 1.82) is 0 Å². The third kappa shape index (κ3) is 6.72. The molecule has 1 atom stereocenters. The van der Waals surface area contributed by atoms with Gasteiger partial charge in [-0.1, -0.05) is 10.3 Å². The van der Waals surface area contributed by atoms with Gasteiger partial charge < -0.3 is 24.4 Å². The van der Waals surface area contributed by atoms with Gasteiger partial charge in [0.25, 0.3) is 5.56 Å². The second-order valence-electron chi connectivity index (χ2n) is 13.0. The zero-order valence-electron chi connectivity index (χ0n) is 26.6. The van der Waals surface area contributed by atoms with Crippen molar-refractivity contribution in [3.8, 4) is 0 Å². The standard InChI is InChI=1S/C23H27FN4O3.C12H13FN2O/c1-14-18(23(30)28-13-17(29)3-5-21(28)25-14)8-11-27-9-6-15(7-10-27)22-19-4-2-16(24)12-20(19)31-26-22;13-9-1-2-10-11(7-9)16-15-12(10)8-3-5-14-6-4-8/h2,4,12,15,17,29H,3,5-11,13H2,1H3;1-2,7-8,14H,3-6H2. The van der Waals surface area contributed by atoms with E-state index in [0.717, 1.165) is 97.6 Å². The van der Waals surface area contributed by atoms with E-state index in [9.17, 15) is 18.7 Å². The van der Waals surface area contributed by atoms with Gasteiger partial charge in [-0.05, 0) is 95.9 Å². The van der Waals surface area contributed by atoms with Crippen LogP contribution in [-0.2, 0) is 19.4 Å². The van der Waals surface area contributed by atoms with E-state index in [4.69, 9.17) is 9.05 Å². The van der Waals surface area contributed by atoms with E-state index in [1.807, 2.05) is 6.92 Å². The average molecular weight is 647 g/mol. The number of aromatic nitrogens is 4. The van der Waals surface area contributed by atoms with Gasteiger partial charge in [0, 0.05) is 59.0 Å². The zero-order chi connectivity index (χ0) is 32.5. The molecule has 3 aliphatic heterocycles. The van der Waals surface area contributed by atoms with Gasteiger partial charge in [-0.2, -0.15) is 0 Å². The summed E-state index contributed by atoms with van der Waals surface area (Å²) in [6.07, 6.45) is 5.54. The molecule has 47 heavy (non-hydrogen) atoms. The average Bonchev–Trinajstić information content (AvgIpc) is 3.70. The quantitative estimate of drug-likeness (QED) is 0.272. The molecule has 3 aliphatic rings. The molecule has 2 aromatic carbocycles. The molecule has 2 saturated heterocycles. The van der Waals surface area contributed by atoms with E-state index in [0.29, 0.717) is 48.8 Å². The third-order valence-electron chi connectivity index (χ3n) is 9.94. The molecule has 3 aromatic heterocycles. The first-order valence-corrected chi connectivity index (χ1v) is 16.6. The van der Waals surface area contributed by atoms with Crippen LogP contribution in [0.15, 0.2) is 50.2 Å². The molecule has 248 valence electrons. The maximum Gasteiger partial charge on any atom is 0.257 e. The van der Waals surface area contributed by atoms with Crippen molar-refractivity contribution >= 4 is 21.9 Å². The molecule has 0 spiro atoms.